The van der Waals surface area contributed by atoms with E-state index in [9.17, 15) is 114 Å². The number of Topliss-reactive ketones (excluding diaryl/α,β-unsaturated/α-hetero) is 2. The first-order chi connectivity index (χ1) is 36.4. The van der Waals surface area contributed by atoms with E-state index in [1.165, 1.54) is 6.92 Å². The molecule has 0 bridgehead atoms. The first-order valence-corrected chi connectivity index (χ1v) is 24.9. The molecule has 0 aliphatic heterocycles. The Bertz CT molecular complexity index is 1900. The number of hydrogen-bond acceptors (Lipinski definition) is 25. The van der Waals surface area contributed by atoms with Gasteiger partial charge in [-0.15, -0.1) is 0 Å². The van der Waals surface area contributed by atoms with Gasteiger partial charge in [-0.25, -0.2) is 0 Å². The average Bonchev–Trinajstić information content (AvgIpc) is 3.41. The summed E-state index contributed by atoms with van der Waals surface area (Å²) in [6.07, 6.45) is -27.3. The number of aliphatic carboxylic acids is 2. The van der Waals surface area contributed by atoms with Gasteiger partial charge in [0.2, 0.25) is 29.5 Å². The standard InChI is InChI=1S/C46H80N6O26.CH4/c1-21(32(62)18-54)40(72)29(59)14-48-35(65)7-2-22(17-53)12-27(57)25(5-10-38(68)69)51-45(77)23(3-8-36(66)49-15-30(60)41(73)43(75)33(63)19-55)13-28(58)26(6-11-39(70)71)52-46(78)24(47)4-9-37(67)50-16-31(61)42(74)44(76)34(64)20-56;/h17,21-26,29-34,40-44,54-56,59-64,72-76H,2-16,18-20,47H2,1H3,(H,48,65)(H,49,66)(H,50,67)(H,51,77)(H,52,78)(H,68,69)(H,70,71);1H4/t21-,22-,23-,24+,25-,26-,29+,30+,31+,32-,33-,34-,40+,41-,42-,43-,44-;/m1./s1. The minimum atomic E-state index is -2.10. The zero-order valence-corrected chi connectivity index (χ0v) is 42.9. The third kappa shape index (κ3) is 29.7. The first kappa shape index (κ1) is 75.8. The normalized spacial score (nSPS) is 17.9. The molecule has 0 rings (SSSR count). The van der Waals surface area contributed by atoms with Gasteiger partial charge in [-0.05, 0) is 32.1 Å². The second-order valence-corrected chi connectivity index (χ2v) is 18.8. The number of carbonyl (C=O) groups excluding carboxylic acids is 8. The number of nitrogens with two attached hydrogens (primary N) is 1. The van der Waals surface area contributed by atoms with Gasteiger partial charge < -0.3 is 119 Å². The van der Waals surface area contributed by atoms with E-state index in [1.54, 1.807) is 0 Å². The summed E-state index contributed by atoms with van der Waals surface area (Å²) in [5.74, 6) is -13.7. The largest absolute Gasteiger partial charge is 0.481 e. The second-order valence-electron chi connectivity index (χ2n) is 18.8. The van der Waals surface area contributed by atoms with Crippen molar-refractivity contribution in [2.24, 2.45) is 23.5 Å². The molecular weight excluding hydrogens is 1060 g/mol. The molecule has 0 spiro atoms. The molecule has 0 aliphatic carbocycles. The highest BCUT2D eigenvalue weighted by Gasteiger charge is 2.35. The maximum Gasteiger partial charge on any atom is 0.303 e. The fraction of sp³-hybridized carbons (Fsp3) is 0.787. The molecule has 0 unspecified atom stereocenters. The van der Waals surface area contributed by atoms with Gasteiger partial charge in [-0.1, -0.05) is 14.4 Å². The van der Waals surface area contributed by atoms with Crippen LogP contribution in [0.2, 0.25) is 0 Å². The van der Waals surface area contributed by atoms with E-state index in [0.717, 1.165) is 0 Å². The third-order valence-electron chi connectivity index (χ3n) is 12.6. The number of hydrogen-bond donors (Lipinski definition) is 22. The van der Waals surface area contributed by atoms with Gasteiger partial charge in [0.15, 0.2) is 11.6 Å². The van der Waals surface area contributed by atoms with Crippen LogP contribution in [0.4, 0.5) is 0 Å². The van der Waals surface area contributed by atoms with E-state index in [1.807, 2.05) is 0 Å². The molecule has 0 heterocycles. The monoisotopic (exact) mass is 1150 g/mol. The minimum absolute atomic E-state index is 0. The van der Waals surface area contributed by atoms with Gasteiger partial charge in [-0.3, -0.25) is 43.2 Å². The Morgan fingerprint density at radius 2 is 0.810 bits per heavy atom. The molecule has 0 fully saturated rings. The van der Waals surface area contributed by atoms with Gasteiger partial charge >= 0.3 is 11.9 Å². The van der Waals surface area contributed by atoms with Crippen LogP contribution in [0.25, 0.3) is 0 Å². The number of aldehydes is 1. The predicted octanol–water partition coefficient (Wildman–Crippen LogP) is -9.73. The zero-order chi connectivity index (χ0) is 60.0. The Morgan fingerprint density at radius 3 is 1.20 bits per heavy atom. The van der Waals surface area contributed by atoms with Crippen LogP contribution < -0.4 is 32.3 Å². The van der Waals surface area contributed by atoms with E-state index in [4.69, 9.17) is 21.1 Å². The van der Waals surface area contributed by atoms with Crippen LogP contribution in [-0.2, 0) is 47.9 Å². The highest BCUT2D eigenvalue weighted by molar-refractivity contribution is 5.96. The average molecular weight is 1150 g/mol. The van der Waals surface area contributed by atoms with Crippen molar-refractivity contribution in [3.63, 3.8) is 0 Å². The molecule has 79 heavy (non-hydrogen) atoms. The van der Waals surface area contributed by atoms with E-state index in [0.29, 0.717) is 6.29 Å². The number of aliphatic hydroxyl groups excluding tert-OH is 14. The summed E-state index contributed by atoms with van der Waals surface area (Å²) in [5.41, 5.74) is 5.95. The van der Waals surface area contributed by atoms with Crippen molar-refractivity contribution in [3.8, 4) is 0 Å². The van der Waals surface area contributed by atoms with Crippen LogP contribution in [0.15, 0.2) is 0 Å². The minimum Gasteiger partial charge on any atom is -0.481 e. The van der Waals surface area contributed by atoms with E-state index >= 15 is 0 Å². The van der Waals surface area contributed by atoms with Crippen molar-refractivity contribution in [2.45, 2.75) is 177 Å². The lowest BCUT2D eigenvalue weighted by atomic mass is 9.90. The summed E-state index contributed by atoms with van der Waals surface area (Å²) in [6.45, 7) is -3.35. The van der Waals surface area contributed by atoms with E-state index < -0.39 is 266 Å². The molecule has 0 aliphatic rings. The van der Waals surface area contributed by atoms with Crippen molar-refractivity contribution < 1.29 is 130 Å². The van der Waals surface area contributed by atoms with Crippen molar-refractivity contribution in [3.05, 3.63) is 0 Å². The Hall–Kier alpha value is -5.30. The number of carbonyl (C=O) groups is 10. The molecule has 0 aromatic rings. The quantitative estimate of drug-likeness (QED) is 0.0252. The summed E-state index contributed by atoms with van der Waals surface area (Å²) >= 11 is 0. The summed E-state index contributed by atoms with van der Waals surface area (Å²) in [5, 5.41) is 166. The molecule has 0 aromatic heterocycles. The van der Waals surface area contributed by atoms with Gasteiger partial charge in [0.1, 0.15) is 42.9 Å². The maximum absolute atomic E-state index is 14.1. The lowest BCUT2D eigenvalue weighted by molar-refractivity contribution is -0.139. The molecule has 0 saturated carbocycles. The summed E-state index contributed by atoms with van der Waals surface area (Å²) in [7, 11) is 0. The SMILES string of the molecule is C.C[C@@H]([C@H](O)[C@@H](O)CNC(=O)CC[C@@H](C=O)CC(=O)[C@@H](CCC(=O)O)NC(=O)[C@H](CCC(=O)NC[C@H](O)[C@@H](O)[C@H](O)[C@H](O)CO)CC(=O)[C@@H](CCC(=O)O)NC(=O)[C@@H](N)CCC(=O)NC[C@H](O)[C@@H](O)[C@H](O)[C@H](O)CO)[C@H](O)CO. The zero-order valence-electron chi connectivity index (χ0n) is 42.9. The molecule has 5 amide bonds. The summed E-state index contributed by atoms with van der Waals surface area (Å²) in [6, 6.07) is -5.03. The molecule has 17 atom stereocenters. The Balaban J connectivity index is 0. The second kappa shape index (κ2) is 40.0. The highest BCUT2D eigenvalue weighted by Crippen LogP contribution is 2.20. The maximum atomic E-state index is 14.1. The van der Waals surface area contributed by atoms with Gasteiger partial charge in [0.25, 0.3) is 0 Å². The van der Waals surface area contributed by atoms with Crippen LogP contribution in [0, 0.1) is 17.8 Å². The lowest BCUT2D eigenvalue weighted by Crippen LogP contribution is -2.50. The van der Waals surface area contributed by atoms with Gasteiger partial charge in [0, 0.05) is 82.3 Å². The third-order valence-corrected chi connectivity index (χ3v) is 12.6. The molecular formula is C47H84N6O26. The van der Waals surface area contributed by atoms with Gasteiger partial charge in [-0.2, -0.15) is 0 Å². The Kier molecular flexibility index (Phi) is 38.3. The molecule has 0 aromatic carbocycles. The number of ketones is 2. The molecule has 23 N–H and O–H groups in total. The van der Waals surface area contributed by atoms with Crippen molar-refractivity contribution in [2.75, 3.05) is 39.5 Å². The Morgan fingerprint density at radius 1 is 0.456 bits per heavy atom. The smallest absolute Gasteiger partial charge is 0.303 e. The summed E-state index contributed by atoms with van der Waals surface area (Å²) < 4.78 is 0. The van der Waals surface area contributed by atoms with Crippen LogP contribution in [0.5, 0.6) is 0 Å². The number of carboxylic acid groups (broad SMARTS) is 2. The van der Waals surface area contributed by atoms with Crippen molar-refractivity contribution in [1.82, 2.24) is 26.6 Å². The van der Waals surface area contributed by atoms with Crippen LogP contribution >= 0.6 is 0 Å². The fourth-order valence-electron chi connectivity index (χ4n) is 7.25. The van der Waals surface area contributed by atoms with Crippen LogP contribution in [-0.4, -0.2) is 266 Å². The first-order valence-electron chi connectivity index (χ1n) is 24.9. The number of nitrogens with one attached hydrogen (secondary N) is 5. The number of carboxylic acids is 2. The van der Waals surface area contributed by atoms with Crippen LogP contribution in [0.3, 0.4) is 0 Å². The Labute approximate surface area is 454 Å². The predicted molar refractivity (Wildman–Crippen MR) is 268 cm³/mol. The van der Waals surface area contributed by atoms with Crippen LogP contribution in [0.1, 0.15) is 91.4 Å². The van der Waals surface area contributed by atoms with E-state index in [2.05, 4.69) is 26.6 Å². The molecule has 32 nitrogen and oxygen atoms in total. The number of aliphatic hydroxyl groups is 14. The highest BCUT2D eigenvalue weighted by atomic mass is 16.4. The molecule has 458 valence electrons. The van der Waals surface area contributed by atoms with Crippen molar-refractivity contribution >= 4 is 59.3 Å². The summed E-state index contributed by atoms with van der Waals surface area (Å²) in [4.78, 5) is 128. The number of rotatable bonds is 44. The number of amides is 5. The fourth-order valence-corrected chi connectivity index (χ4v) is 7.25. The molecule has 0 saturated heterocycles. The van der Waals surface area contributed by atoms with Gasteiger partial charge in [0.05, 0.1) is 68.5 Å². The van der Waals surface area contributed by atoms with E-state index in [-0.39, 0.29) is 13.8 Å². The lowest BCUT2D eigenvalue weighted by Gasteiger charge is -2.26. The molecule has 32 heteroatoms. The van der Waals surface area contributed by atoms with Crippen molar-refractivity contribution in [1.29, 1.82) is 0 Å². The topological polar surface area (TPSA) is 581 Å². The molecule has 0 radical (unpaired) electrons.